The molecule has 5 heteroatoms. The lowest BCUT2D eigenvalue weighted by molar-refractivity contribution is 0.0613. The van der Waals surface area contributed by atoms with Crippen LogP contribution < -0.4 is 10.1 Å². The highest BCUT2D eigenvalue weighted by atomic mass is 19.1. The molecular weight excluding hydrogens is 295 g/mol. The van der Waals surface area contributed by atoms with Crippen molar-refractivity contribution in [2.75, 3.05) is 6.54 Å². The molecule has 0 bridgehead atoms. The van der Waals surface area contributed by atoms with Crippen LogP contribution in [0.15, 0.2) is 42.6 Å². The van der Waals surface area contributed by atoms with Gasteiger partial charge in [-0.1, -0.05) is 12.1 Å². The Labute approximate surface area is 135 Å². The van der Waals surface area contributed by atoms with Crippen molar-refractivity contribution in [3.63, 3.8) is 0 Å². The molecule has 0 spiro atoms. The lowest BCUT2D eigenvalue weighted by atomic mass is 9.89. The molecule has 0 saturated heterocycles. The molecule has 122 valence electrons. The first-order valence-electron chi connectivity index (χ1n) is 7.75. The van der Waals surface area contributed by atoms with Crippen molar-refractivity contribution < 1.29 is 14.2 Å². The molecule has 23 heavy (non-hydrogen) atoms. The standard InChI is InChI=1S/C18H21FN2O2/c1-18(2)10-15(13-7-6-12(19)9-17(13)23-18)21-11-16(22)14-5-3-4-8-20-14/h3-9,15-16,21-22H,10-11H2,1-2H3. The molecule has 0 saturated carbocycles. The van der Waals surface area contributed by atoms with Crippen LogP contribution in [0.3, 0.4) is 0 Å². The molecule has 4 nitrogen and oxygen atoms in total. The van der Waals surface area contributed by atoms with Crippen LogP contribution in [-0.2, 0) is 0 Å². The number of benzene rings is 1. The summed E-state index contributed by atoms with van der Waals surface area (Å²) in [6.45, 7) is 4.32. The van der Waals surface area contributed by atoms with Gasteiger partial charge >= 0.3 is 0 Å². The molecule has 1 aromatic carbocycles. The summed E-state index contributed by atoms with van der Waals surface area (Å²) in [5, 5.41) is 13.6. The van der Waals surface area contributed by atoms with Crippen molar-refractivity contribution in [1.82, 2.24) is 10.3 Å². The molecule has 0 amide bonds. The van der Waals surface area contributed by atoms with Gasteiger partial charge in [0.2, 0.25) is 0 Å². The van der Waals surface area contributed by atoms with E-state index in [1.54, 1.807) is 18.3 Å². The molecule has 0 fully saturated rings. The van der Waals surface area contributed by atoms with Crippen LogP contribution in [0.4, 0.5) is 4.39 Å². The average Bonchev–Trinajstić information content (AvgIpc) is 2.51. The van der Waals surface area contributed by atoms with Crippen LogP contribution in [0, 0.1) is 5.82 Å². The maximum absolute atomic E-state index is 13.5. The average molecular weight is 316 g/mol. The number of nitrogens with one attached hydrogen (secondary N) is 1. The van der Waals surface area contributed by atoms with Crippen molar-refractivity contribution in [3.8, 4) is 5.75 Å². The highest BCUT2D eigenvalue weighted by molar-refractivity contribution is 5.39. The molecular formula is C18H21FN2O2. The van der Waals surface area contributed by atoms with E-state index in [-0.39, 0.29) is 11.9 Å². The lowest BCUT2D eigenvalue weighted by Crippen LogP contribution is -2.40. The highest BCUT2D eigenvalue weighted by Crippen LogP contribution is 2.39. The summed E-state index contributed by atoms with van der Waals surface area (Å²) in [7, 11) is 0. The number of halogens is 1. The maximum atomic E-state index is 13.5. The second-order valence-electron chi connectivity index (χ2n) is 6.48. The fourth-order valence-electron chi connectivity index (χ4n) is 2.94. The van der Waals surface area contributed by atoms with Crippen LogP contribution >= 0.6 is 0 Å². The molecule has 0 aliphatic carbocycles. The Balaban J connectivity index is 1.75. The minimum Gasteiger partial charge on any atom is -0.487 e. The number of aromatic nitrogens is 1. The van der Waals surface area contributed by atoms with Crippen molar-refractivity contribution in [2.24, 2.45) is 0 Å². The predicted molar refractivity (Wildman–Crippen MR) is 85.7 cm³/mol. The molecule has 2 N–H and O–H groups in total. The normalized spacial score (nSPS) is 20.4. The van der Waals surface area contributed by atoms with Crippen LogP contribution in [0.2, 0.25) is 0 Å². The van der Waals surface area contributed by atoms with Crippen LogP contribution in [-0.4, -0.2) is 22.2 Å². The van der Waals surface area contributed by atoms with Gasteiger partial charge in [-0.25, -0.2) is 4.39 Å². The molecule has 0 radical (unpaired) electrons. The molecule has 2 heterocycles. The Hall–Kier alpha value is -1.98. The van der Waals surface area contributed by atoms with E-state index in [0.29, 0.717) is 18.0 Å². The fraction of sp³-hybridized carbons (Fsp3) is 0.389. The Morgan fingerprint density at radius 1 is 1.39 bits per heavy atom. The van der Waals surface area contributed by atoms with E-state index in [2.05, 4.69) is 10.3 Å². The Kier molecular flexibility index (Phi) is 4.33. The zero-order valence-corrected chi connectivity index (χ0v) is 13.3. The van der Waals surface area contributed by atoms with Gasteiger partial charge in [0.05, 0.1) is 5.69 Å². The summed E-state index contributed by atoms with van der Waals surface area (Å²) < 4.78 is 19.3. The SMILES string of the molecule is CC1(C)CC(NCC(O)c2ccccn2)c2ccc(F)cc2O1. The first kappa shape index (κ1) is 15.9. The van der Waals surface area contributed by atoms with Gasteiger partial charge in [0.15, 0.2) is 0 Å². The van der Waals surface area contributed by atoms with Gasteiger partial charge in [0.1, 0.15) is 23.3 Å². The van der Waals surface area contributed by atoms with E-state index in [0.717, 1.165) is 12.0 Å². The van der Waals surface area contributed by atoms with E-state index < -0.39 is 11.7 Å². The Bertz CT molecular complexity index is 676. The van der Waals surface area contributed by atoms with Crippen LogP contribution in [0.5, 0.6) is 5.75 Å². The Morgan fingerprint density at radius 2 is 2.22 bits per heavy atom. The summed E-state index contributed by atoms with van der Waals surface area (Å²) in [6, 6.07) is 10.0. The first-order chi connectivity index (χ1) is 10.9. The number of aliphatic hydroxyl groups is 1. The third-order valence-electron chi connectivity index (χ3n) is 4.02. The zero-order chi connectivity index (χ0) is 16.4. The van der Waals surface area contributed by atoms with Gasteiger partial charge in [-0.2, -0.15) is 0 Å². The van der Waals surface area contributed by atoms with Gasteiger partial charge in [0.25, 0.3) is 0 Å². The molecule has 1 aromatic heterocycles. The molecule has 3 rings (SSSR count). The second-order valence-corrected chi connectivity index (χ2v) is 6.48. The minimum atomic E-state index is -0.689. The van der Waals surface area contributed by atoms with Crippen LogP contribution in [0.25, 0.3) is 0 Å². The number of hydrogen-bond acceptors (Lipinski definition) is 4. The molecule has 1 aliphatic heterocycles. The maximum Gasteiger partial charge on any atom is 0.127 e. The van der Waals surface area contributed by atoms with Gasteiger partial charge in [-0.3, -0.25) is 4.98 Å². The first-order valence-corrected chi connectivity index (χ1v) is 7.75. The largest absolute Gasteiger partial charge is 0.487 e. The molecule has 1 aliphatic rings. The second kappa shape index (κ2) is 6.26. The summed E-state index contributed by atoms with van der Waals surface area (Å²) in [5.41, 5.74) is 1.15. The quantitative estimate of drug-likeness (QED) is 0.910. The number of fused-ring (bicyclic) bond motifs is 1. The van der Waals surface area contributed by atoms with Gasteiger partial charge < -0.3 is 15.2 Å². The molecule has 2 atom stereocenters. The van der Waals surface area contributed by atoms with Crippen molar-refractivity contribution >= 4 is 0 Å². The van der Waals surface area contributed by atoms with E-state index in [4.69, 9.17) is 4.74 Å². The highest BCUT2D eigenvalue weighted by Gasteiger charge is 2.34. The number of pyridine rings is 1. The fourth-order valence-corrected chi connectivity index (χ4v) is 2.94. The topological polar surface area (TPSA) is 54.4 Å². The lowest BCUT2D eigenvalue weighted by Gasteiger charge is -2.38. The number of hydrogen-bond donors (Lipinski definition) is 2. The van der Waals surface area contributed by atoms with E-state index in [1.165, 1.54) is 12.1 Å². The summed E-state index contributed by atoms with van der Waals surface area (Å²) in [4.78, 5) is 4.16. The van der Waals surface area contributed by atoms with E-state index >= 15 is 0 Å². The minimum absolute atomic E-state index is 0.00675. The third kappa shape index (κ3) is 3.68. The number of rotatable bonds is 4. The van der Waals surface area contributed by atoms with Crippen molar-refractivity contribution in [2.45, 2.75) is 38.0 Å². The zero-order valence-electron chi connectivity index (χ0n) is 13.3. The Morgan fingerprint density at radius 3 is 2.96 bits per heavy atom. The smallest absolute Gasteiger partial charge is 0.127 e. The van der Waals surface area contributed by atoms with E-state index in [9.17, 15) is 9.50 Å². The molecule has 2 aromatic rings. The van der Waals surface area contributed by atoms with Crippen molar-refractivity contribution in [3.05, 3.63) is 59.7 Å². The summed E-state index contributed by atoms with van der Waals surface area (Å²) in [5.74, 6) is 0.250. The van der Waals surface area contributed by atoms with Crippen LogP contribution in [0.1, 0.15) is 43.7 Å². The summed E-state index contributed by atoms with van der Waals surface area (Å²) in [6.07, 6.45) is 1.71. The monoisotopic (exact) mass is 316 g/mol. The summed E-state index contributed by atoms with van der Waals surface area (Å²) >= 11 is 0. The van der Waals surface area contributed by atoms with Gasteiger partial charge in [0, 0.05) is 36.8 Å². The number of nitrogens with zero attached hydrogens (tertiary/aromatic N) is 1. The van der Waals surface area contributed by atoms with Gasteiger partial charge in [-0.05, 0) is 32.0 Å². The molecule has 2 unspecified atom stereocenters. The van der Waals surface area contributed by atoms with Crippen molar-refractivity contribution in [1.29, 1.82) is 0 Å². The number of ether oxygens (including phenoxy) is 1. The third-order valence-corrected chi connectivity index (χ3v) is 4.02. The number of aliphatic hydroxyl groups excluding tert-OH is 1. The van der Waals surface area contributed by atoms with E-state index in [1.807, 2.05) is 26.0 Å². The predicted octanol–water partition coefficient (Wildman–Crippen LogP) is 3.15. The van der Waals surface area contributed by atoms with Gasteiger partial charge in [-0.15, -0.1) is 0 Å².